The van der Waals surface area contributed by atoms with Crippen molar-refractivity contribution in [3.05, 3.63) is 18.0 Å². The van der Waals surface area contributed by atoms with Crippen molar-refractivity contribution in [1.29, 1.82) is 0 Å². The van der Waals surface area contributed by atoms with Crippen LogP contribution in [0.2, 0.25) is 0 Å². The highest BCUT2D eigenvalue weighted by molar-refractivity contribution is 5.93. The number of H-pyrrole nitrogens is 1. The molecule has 23 heavy (non-hydrogen) atoms. The number of piperidine rings is 1. The normalized spacial score (nSPS) is 21.9. The van der Waals surface area contributed by atoms with Crippen molar-refractivity contribution in [2.24, 2.45) is 0 Å². The molecular weight excluding hydrogens is 298 g/mol. The van der Waals surface area contributed by atoms with Gasteiger partial charge in [0.05, 0.1) is 6.61 Å². The van der Waals surface area contributed by atoms with E-state index in [2.05, 4.69) is 15.1 Å². The van der Waals surface area contributed by atoms with E-state index < -0.39 is 5.54 Å². The van der Waals surface area contributed by atoms with E-state index in [1.165, 1.54) is 0 Å². The molecule has 3 rings (SSSR count). The van der Waals surface area contributed by atoms with Crippen molar-refractivity contribution in [1.82, 2.24) is 24.9 Å². The van der Waals surface area contributed by atoms with Crippen LogP contribution < -0.4 is 0 Å². The Morgan fingerprint density at radius 1 is 1.35 bits per heavy atom. The number of nitrogens with zero attached hydrogens (tertiary/aromatic N) is 4. The maximum Gasteiger partial charge on any atom is 0.271 e. The standard InChI is InChI=1S/C15H23N5O3/c1-18-8-9-20(10-11-21)14(23)15(18)3-6-19(7-4-15)13(22)12-2-5-16-17-12/h2,5,21H,3-4,6-11H2,1H3,(H,16,17). The monoisotopic (exact) mass is 321 g/mol. The van der Waals surface area contributed by atoms with E-state index in [1.807, 2.05) is 7.05 Å². The molecular formula is C15H23N5O3. The maximum atomic E-state index is 12.9. The predicted molar refractivity (Wildman–Crippen MR) is 82.8 cm³/mol. The lowest BCUT2D eigenvalue weighted by Crippen LogP contribution is -2.68. The van der Waals surface area contributed by atoms with Crippen molar-refractivity contribution in [2.75, 3.05) is 46.4 Å². The summed E-state index contributed by atoms with van der Waals surface area (Å²) in [4.78, 5) is 30.9. The Labute approximate surface area is 135 Å². The molecule has 8 nitrogen and oxygen atoms in total. The van der Waals surface area contributed by atoms with Crippen LogP contribution in [0.5, 0.6) is 0 Å². The number of carbonyl (C=O) groups excluding carboxylic acids is 2. The molecule has 1 aromatic rings. The second-order valence-electron chi connectivity index (χ2n) is 6.23. The molecule has 0 bridgehead atoms. The topological polar surface area (TPSA) is 92.8 Å². The van der Waals surface area contributed by atoms with E-state index in [9.17, 15) is 9.59 Å². The fourth-order valence-electron chi connectivity index (χ4n) is 3.60. The zero-order valence-corrected chi connectivity index (χ0v) is 13.4. The summed E-state index contributed by atoms with van der Waals surface area (Å²) in [5, 5.41) is 15.6. The van der Waals surface area contributed by atoms with Crippen LogP contribution in [0.1, 0.15) is 23.3 Å². The summed E-state index contributed by atoms with van der Waals surface area (Å²) in [6, 6.07) is 1.66. The van der Waals surface area contributed by atoms with Gasteiger partial charge in [-0.25, -0.2) is 0 Å². The molecule has 2 aliphatic rings. The molecule has 0 radical (unpaired) electrons. The Bertz CT molecular complexity index is 566. The molecule has 3 heterocycles. The van der Waals surface area contributed by atoms with Gasteiger partial charge in [-0.2, -0.15) is 5.10 Å². The van der Waals surface area contributed by atoms with Crippen molar-refractivity contribution in [2.45, 2.75) is 18.4 Å². The number of rotatable bonds is 3. The Hall–Kier alpha value is -1.93. The van der Waals surface area contributed by atoms with Crippen LogP contribution in [-0.2, 0) is 4.79 Å². The number of likely N-dealkylation sites (tertiary alicyclic amines) is 1. The van der Waals surface area contributed by atoms with Gasteiger partial charge < -0.3 is 14.9 Å². The van der Waals surface area contributed by atoms with E-state index in [0.717, 1.165) is 6.54 Å². The van der Waals surface area contributed by atoms with Gasteiger partial charge in [-0.1, -0.05) is 0 Å². The number of aliphatic hydroxyl groups is 1. The van der Waals surface area contributed by atoms with Crippen LogP contribution in [0.4, 0.5) is 0 Å². The van der Waals surface area contributed by atoms with Crippen LogP contribution >= 0.6 is 0 Å². The molecule has 0 unspecified atom stereocenters. The lowest BCUT2D eigenvalue weighted by atomic mass is 9.82. The largest absolute Gasteiger partial charge is 0.395 e. The summed E-state index contributed by atoms with van der Waals surface area (Å²) < 4.78 is 0. The van der Waals surface area contributed by atoms with Gasteiger partial charge in [0.2, 0.25) is 5.91 Å². The number of aliphatic hydroxyl groups excluding tert-OH is 1. The van der Waals surface area contributed by atoms with E-state index in [1.54, 1.807) is 22.1 Å². The molecule has 2 aliphatic heterocycles. The lowest BCUT2D eigenvalue weighted by molar-refractivity contribution is -0.154. The quantitative estimate of drug-likeness (QED) is 0.756. The van der Waals surface area contributed by atoms with Gasteiger partial charge in [-0.15, -0.1) is 0 Å². The molecule has 2 saturated heterocycles. The highest BCUT2D eigenvalue weighted by Crippen LogP contribution is 2.33. The van der Waals surface area contributed by atoms with Gasteiger partial charge in [0.1, 0.15) is 11.2 Å². The fourth-order valence-corrected chi connectivity index (χ4v) is 3.60. The summed E-state index contributed by atoms with van der Waals surface area (Å²) in [7, 11) is 1.97. The van der Waals surface area contributed by atoms with Crippen LogP contribution in [0, 0.1) is 0 Å². The molecule has 2 fully saturated rings. The molecule has 0 saturated carbocycles. The van der Waals surface area contributed by atoms with Crippen molar-refractivity contribution in [3.8, 4) is 0 Å². The number of hydrogen-bond acceptors (Lipinski definition) is 5. The summed E-state index contributed by atoms with van der Waals surface area (Å²) in [6.45, 7) is 2.89. The van der Waals surface area contributed by atoms with E-state index >= 15 is 0 Å². The van der Waals surface area contributed by atoms with Gasteiger partial charge in [0.25, 0.3) is 5.91 Å². The Morgan fingerprint density at radius 3 is 2.70 bits per heavy atom. The van der Waals surface area contributed by atoms with Gasteiger partial charge in [-0.05, 0) is 26.0 Å². The number of piperazine rings is 1. The number of aromatic nitrogens is 2. The minimum atomic E-state index is -0.543. The summed E-state index contributed by atoms with van der Waals surface area (Å²) in [5.74, 6) is 0.00409. The average molecular weight is 321 g/mol. The molecule has 126 valence electrons. The van der Waals surface area contributed by atoms with Crippen molar-refractivity contribution >= 4 is 11.8 Å². The maximum absolute atomic E-state index is 12.9. The van der Waals surface area contributed by atoms with Gasteiger partial charge in [-0.3, -0.25) is 19.6 Å². The minimum absolute atomic E-state index is 0.0179. The first kappa shape index (κ1) is 15.9. The highest BCUT2D eigenvalue weighted by Gasteiger charge is 2.49. The molecule has 1 spiro atoms. The summed E-state index contributed by atoms with van der Waals surface area (Å²) in [5.41, 5.74) is -0.0655. The van der Waals surface area contributed by atoms with Crippen LogP contribution in [-0.4, -0.2) is 93.7 Å². The fraction of sp³-hybridized carbons (Fsp3) is 0.667. The number of aromatic amines is 1. The van der Waals surface area contributed by atoms with Crippen molar-refractivity contribution < 1.29 is 14.7 Å². The zero-order valence-electron chi connectivity index (χ0n) is 13.4. The molecule has 0 aliphatic carbocycles. The third-order valence-corrected chi connectivity index (χ3v) is 5.10. The third kappa shape index (κ3) is 2.72. The molecule has 1 aromatic heterocycles. The predicted octanol–water partition coefficient (Wildman–Crippen LogP) is -0.849. The number of likely N-dealkylation sites (N-methyl/N-ethyl adjacent to an activating group) is 1. The molecule has 2 N–H and O–H groups in total. The SMILES string of the molecule is CN1CCN(CCO)C(=O)C12CCN(C(=O)c1ccn[nH]1)CC2. The highest BCUT2D eigenvalue weighted by atomic mass is 16.3. The van der Waals surface area contributed by atoms with E-state index in [4.69, 9.17) is 5.11 Å². The third-order valence-electron chi connectivity index (χ3n) is 5.10. The first-order valence-electron chi connectivity index (χ1n) is 7.98. The minimum Gasteiger partial charge on any atom is -0.395 e. The van der Waals surface area contributed by atoms with Gasteiger partial charge in [0, 0.05) is 38.9 Å². The van der Waals surface area contributed by atoms with E-state index in [0.29, 0.717) is 44.7 Å². The van der Waals surface area contributed by atoms with Crippen LogP contribution in [0.15, 0.2) is 12.3 Å². The average Bonchev–Trinajstić information content (AvgIpc) is 3.10. The second kappa shape index (κ2) is 6.29. The first-order chi connectivity index (χ1) is 11.1. The number of amides is 2. The van der Waals surface area contributed by atoms with Gasteiger partial charge >= 0.3 is 0 Å². The summed E-state index contributed by atoms with van der Waals surface area (Å²) in [6.07, 6.45) is 2.79. The Morgan fingerprint density at radius 2 is 2.09 bits per heavy atom. The number of hydrogen-bond donors (Lipinski definition) is 2. The number of carbonyl (C=O) groups is 2. The molecule has 2 amide bonds. The zero-order chi connectivity index (χ0) is 16.4. The van der Waals surface area contributed by atoms with Gasteiger partial charge in [0.15, 0.2) is 0 Å². The number of β-amino-alcohol motifs (C(OH)–C–C–N with tert-alkyl or cyclic N) is 1. The second-order valence-corrected chi connectivity index (χ2v) is 6.23. The lowest BCUT2D eigenvalue weighted by Gasteiger charge is -2.51. The first-order valence-corrected chi connectivity index (χ1v) is 7.98. The number of nitrogens with one attached hydrogen (secondary N) is 1. The smallest absolute Gasteiger partial charge is 0.271 e. The molecule has 0 atom stereocenters. The van der Waals surface area contributed by atoms with Crippen molar-refractivity contribution in [3.63, 3.8) is 0 Å². The van der Waals surface area contributed by atoms with E-state index in [-0.39, 0.29) is 18.4 Å². The van der Waals surface area contributed by atoms with Crippen LogP contribution in [0.3, 0.4) is 0 Å². The molecule has 8 heteroatoms. The molecule has 0 aromatic carbocycles. The van der Waals surface area contributed by atoms with Crippen LogP contribution in [0.25, 0.3) is 0 Å². The summed E-state index contributed by atoms with van der Waals surface area (Å²) >= 11 is 0. The Kier molecular flexibility index (Phi) is 4.36. The Balaban J connectivity index is 1.70.